The van der Waals surface area contributed by atoms with E-state index in [0.29, 0.717) is 11.5 Å². The van der Waals surface area contributed by atoms with Crippen LogP contribution in [0.1, 0.15) is 0 Å². The minimum atomic E-state index is -0.305. The smallest absolute Gasteiger partial charge is 0.351 e. The van der Waals surface area contributed by atoms with E-state index in [1.165, 1.54) is 24.3 Å². The van der Waals surface area contributed by atoms with E-state index in [4.69, 9.17) is 5.73 Å². The van der Waals surface area contributed by atoms with Crippen molar-refractivity contribution in [2.75, 3.05) is 5.73 Å². The Balaban J connectivity index is 1.91. The lowest BCUT2D eigenvalue weighted by molar-refractivity contribution is -0.566. The summed E-state index contributed by atoms with van der Waals surface area (Å²) < 4.78 is 28.0. The predicted octanol–water partition coefficient (Wildman–Crippen LogP) is 3.34. The van der Waals surface area contributed by atoms with Gasteiger partial charge in [-0.1, -0.05) is 0 Å². The molecule has 2 aromatic carbocycles. The number of hydrogen-bond donors (Lipinski definition) is 2. The maximum Gasteiger partial charge on any atom is 0.351 e. The van der Waals surface area contributed by atoms with Crippen molar-refractivity contribution >= 4 is 11.5 Å². The van der Waals surface area contributed by atoms with Gasteiger partial charge in [-0.05, 0) is 53.5 Å². The molecule has 4 rings (SSSR count). The van der Waals surface area contributed by atoms with Crippen molar-refractivity contribution in [3.05, 3.63) is 72.3 Å². The number of aromatic nitrogens is 3. The number of rotatable bonds is 2. The maximum absolute atomic E-state index is 13.2. The zero-order valence-electron chi connectivity index (χ0n) is 12.5. The van der Waals surface area contributed by atoms with Crippen molar-refractivity contribution in [3.8, 4) is 22.5 Å². The molecule has 0 bridgehead atoms. The molecule has 0 unspecified atom stereocenters. The van der Waals surface area contributed by atoms with Gasteiger partial charge in [0.15, 0.2) is 5.69 Å². The fourth-order valence-corrected chi connectivity index (χ4v) is 2.65. The van der Waals surface area contributed by atoms with Crippen molar-refractivity contribution in [1.29, 1.82) is 0 Å². The zero-order chi connectivity index (χ0) is 16.7. The second-order valence-corrected chi connectivity index (χ2v) is 5.44. The lowest BCUT2D eigenvalue weighted by Gasteiger charge is -2.00. The van der Waals surface area contributed by atoms with E-state index in [-0.39, 0.29) is 11.6 Å². The lowest BCUT2D eigenvalue weighted by atomic mass is 10.1. The van der Waals surface area contributed by atoms with Gasteiger partial charge in [0.25, 0.3) is 0 Å². The summed E-state index contributed by atoms with van der Waals surface area (Å²) in [6, 6.07) is 15.8. The molecule has 118 valence electrons. The Hall–Kier alpha value is -3.28. The molecule has 0 amide bonds. The number of aromatic amines is 1. The first-order chi connectivity index (χ1) is 11.6. The van der Waals surface area contributed by atoms with Gasteiger partial charge in [0.2, 0.25) is 5.82 Å². The molecule has 2 heterocycles. The second kappa shape index (κ2) is 5.42. The molecule has 24 heavy (non-hydrogen) atoms. The molecule has 0 aliphatic carbocycles. The van der Waals surface area contributed by atoms with E-state index in [1.807, 2.05) is 6.07 Å². The third kappa shape index (κ3) is 2.48. The van der Waals surface area contributed by atoms with Crippen molar-refractivity contribution in [3.63, 3.8) is 0 Å². The molecule has 6 heteroatoms. The number of benzene rings is 2. The normalized spacial score (nSPS) is 11.1. The van der Waals surface area contributed by atoms with Gasteiger partial charge in [0.05, 0.1) is 17.8 Å². The first-order valence-electron chi connectivity index (χ1n) is 7.33. The van der Waals surface area contributed by atoms with Crippen LogP contribution in [0, 0.1) is 11.6 Å². The fourth-order valence-electron chi connectivity index (χ4n) is 2.65. The van der Waals surface area contributed by atoms with Crippen LogP contribution in [0.25, 0.3) is 28.2 Å². The van der Waals surface area contributed by atoms with Crippen molar-refractivity contribution in [2.45, 2.75) is 0 Å². The number of nitrogens with one attached hydrogen (secondary N) is 1. The Morgan fingerprint density at radius 1 is 0.833 bits per heavy atom. The minimum absolute atomic E-state index is 0.295. The number of H-pyrrole nitrogens is 1. The number of anilines is 1. The highest BCUT2D eigenvalue weighted by atomic mass is 19.1. The van der Waals surface area contributed by atoms with Gasteiger partial charge in [-0.15, -0.1) is 4.52 Å². The number of nitrogens with two attached hydrogens (primary N) is 1. The summed E-state index contributed by atoms with van der Waals surface area (Å²) >= 11 is 0. The van der Waals surface area contributed by atoms with Crippen LogP contribution >= 0.6 is 0 Å². The van der Waals surface area contributed by atoms with Crippen molar-refractivity contribution in [2.24, 2.45) is 0 Å². The third-order valence-corrected chi connectivity index (χ3v) is 3.80. The minimum Gasteiger partial charge on any atom is -0.363 e. The molecule has 0 aliphatic rings. The molecule has 2 aromatic heterocycles. The largest absolute Gasteiger partial charge is 0.363 e. The Bertz CT molecular complexity index is 1020. The third-order valence-electron chi connectivity index (χ3n) is 3.80. The van der Waals surface area contributed by atoms with Gasteiger partial charge in [-0.3, -0.25) is 0 Å². The van der Waals surface area contributed by atoms with Crippen LogP contribution in [0.2, 0.25) is 0 Å². The standard InChI is InChI=1S/C18H12F2N4/c19-13-5-1-11(2-6-13)15-9-18-22-17(21)10-16(24(18)23-15)12-3-7-14(20)8-4-12/h1-10H,(H2,21,22,23)/p+1. The van der Waals surface area contributed by atoms with E-state index in [0.717, 1.165) is 22.5 Å². The molecular weight excluding hydrogens is 310 g/mol. The topological polar surface area (TPSA) is 58.8 Å². The van der Waals surface area contributed by atoms with Gasteiger partial charge < -0.3 is 5.73 Å². The van der Waals surface area contributed by atoms with E-state index < -0.39 is 0 Å². The number of nitrogen functional groups attached to an aromatic ring is 1. The molecule has 0 saturated heterocycles. The van der Waals surface area contributed by atoms with Gasteiger partial charge in [-0.2, -0.15) is 0 Å². The van der Waals surface area contributed by atoms with Gasteiger partial charge >= 0.3 is 5.65 Å². The quantitative estimate of drug-likeness (QED) is 0.556. The Kier molecular flexibility index (Phi) is 3.23. The van der Waals surface area contributed by atoms with Crippen LogP contribution < -0.4 is 10.2 Å². The number of hydrogen-bond acceptors (Lipinski definition) is 2. The molecule has 0 aliphatic heterocycles. The summed E-state index contributed by atoms with van der Waals surface area (Å²) in [7, 11) is 0. The van der Waals surface area contributed by atoms with E-state index in [9.17, 15) is 8.78 Å². The molecule has 0 fully saturated rings. The summed E-state index contributed by atoms with van der Waals surface area (Å²) in [5, 5.41) is 3.22. The maximum atomic E-state index is 13.2. The zero-order valence-corrected chi connectivity index (χ0v) is 12.5. The monoisotopic (exact) mass is 323 g/mol. The van der Waals surface area contributed by atoms with Crippen molar-refractivity contribution in [1.82, 2.24) is 10.1 Å². The predicted molar refractivity (Wildman–Crippen MR) is 86.9 cm³/mol. The van der Waals surface area contributed by atoms with E-state index in [2.05, 4.69) is 10.1 Å². The van der Waals surface area contributed by atoms with Crippen LogP contribution in [0.4, 0.5) is 14.6 Å². The molecule has 0 radical (unpaired) electrons. The van der Waals surface area contributed by atoms with Gasteiger partial charge in [-0.25, -0.2) is 13.9 Å². The SMILES string of the molecule is Nc1cc(-c2ccc(F)cc2)[n+]2[nH]c(-c3ccc(F)cc3)cc2n1. The molecular formula is C18H13F2N4+. The van der Waals surface area contributed by atoms with Crippen LogP contribution in [-0.2, 0) is 0 Å². The Morgan fingerprint density at radius 2 is 1.42 bits per heavy atom. The van der Waals surface area contributed by atoms with Crippen LogP contribution in [-0.4, -0.2) is 10.1 Å². The highest BCUT2D eigenvalue weighted by Gasteiger charge is 2.18. The summed E-state index contributed by atoms with van der Waals surface area (Å²) in [5.41, 5.74) is 9.67. The van der Waals surface area contributed by atoms with Gasteiger partial charge in [0.1, 0.15) is 11.6 Å². The van der Waals surface area contributed by atoms with Gasteiger partial charge in [0, 0.05) is 11.1 Å². The molecule has 3 N–H and O–H groups in total. The average molecular weight is 323 g/mol. The van der Waals surface area contributed by atoms with Crippen LogP contribution in [0.3, 0.4) is 0 Å². The van der Waals surface area contributed by atoms with Crippen molar-refractivity contribution < 1.29 is 13.3 Å². The highest BCUT2D eigenvalue weighted by molar-refractivity contribution is 5.65. The molecule has 4 nitrogen and oxygen atoms in total. The molecule has 4 aromatic rings. The number of halogens is 2. The number of fused-ring (bicyclic) bond motifs is 1. The Labute approximate surface area is 136 Å². The summed E-state index contributed by atoms with van der Waals surface area (Å²) in [6.45, 7) is 0. The lowest BCUT2D eigenvalue weighted by Crippen LogP contribution is -2.28. The van der Waals surface area contributed by atoms with Crippen LogP contribution in [0.5, 0.6) is 0 Å². The average Bonchev–Trinajstić information content (AvgIpc) is 2.99. The first-order valence-corrected chi connectivity index (χ1v) is 7.33. The molecule has 0 saturated carbocycles. The van der Waals surface area contributed by atoms with E-state index >= 15 is 0 Å². The second-order valence-electron chi connectivity index (χ2n) is 5.44. The summed E-state index contributed by atoms with van der Waals surface area (Å²) in [6.07, 6.45) is 0. The molecule has 0 spiro atoms. The molecule has 0 atom stereocenters. The summed E-state index contributed by atoms with van der Waals surface area (Å²) in [4.78, 5) is 4.30. The fraction of sp³-hybridized carbons (Fsp3) is 0. The van der Waals surface area contributed by atoms with E-state index in [1.54, 1.807) is 34.8 Å². The highest BCUT2D eigenvalue weighted by Crippen LogP contribution is 2.22. The first kappa shape index (κ1) is 14.3. The summed E-state index contributed by atoms with van der Waals surface area (Å²) in [5.74, 6) is -0.239. The van der Waals surface area contributed by atoms with Crippen LogP contribution in [0.15, 0.2) is 60.7 Å². The number of nitrogens with zero attached hydrogens (tertiary/aromatic N) is 2. The Morgan fingerprint density at radius 3 is 2.04 bits per heavy atom.